The number of benzene rings is 1. The van der Waals surface area contributed by atoms with Gasteiger partial charge in [0.1, 0.15) is 11.9 Å². The third-order valence-electron chi connectivity index (χ3n) is 2.76. The Balaban J connectivity index is 1.90. The molecule has 5 heteroatoms. The standard InChI is InChI=1S/C13H17F2NO2/c1-17-8-11(7-16-9-2-3-9)18-10-4-5-12(14)13(15)6-10/h4-6,9,11,16H,2-3,7-8H2,1H3. The van der Waals surface area contributed by atoms with Crippen molar-refractivity contribution < 1.29 is 18.3 Å². The van der Waals surface area contributed by atoms with Gasteiger partial charge in [0, 0.05) is 25.8 Å². The number of hydrogen-bond donors (Lipinski definition) is 1. The van der Waals surface area contributed by atoms with Gasteiger partial charge in [0.05, 0.1) is 6.61 Å². The molecule has 0 radical (unpaired) electrons. The lowest BCUT2D eigenvalue weighted by Gasteiger charge is -2.19. The van der Waals surface area contributed by atoms with E-state index in [4.69, 9.17) is 9.47 Å². The quantitative estimate of drug-likeness (QED) is 0.811. The Labute approximate surface area is 105 Å². The molecule has 0 heterocycles. The molecule has 1 fully saturated rings. The summed E-state index contributed by atoms with van der Waals surface area (Å²) < 4.78 is 36.4. The van der Waals surface area contributed by atoms with Crippen molar-refractivity contribution in [2.75, 3.05) is 20.3 Å². The van der Waals surface area contributed by atoms with Gasteiger partial charge in [-0.3, -0.25) is 0 Å². The van der Waals surface area contributed by atoms with Crippen LogP contribution in [0.4, 0.5) is 8.78 Å². The Morgan fingerprint density at radius 3 is 2.72 bits per heavy atom. The minimum Gasteiger partial charge on any atom is -0.487 e. The van der Waals surface area contributed by atoms with E-state index >= 15 is 0 Å². The molecule has 0 spiro atoms. The topological polar surface area (TPSA) is 30.5 Å². The van der Waals surface area contributed by atoms with Gasteiger partial charge in [0.2, 0.25) is 0 Å². The average Bonchev–Trinajstić information content (AvgIpc) is 3.15. The molecular weight excluding hydrogens is 240 g/mol. The first-order valence-electron chi connectivity index (χ1n) is 6.03. The van der Waals surface area contributed by atoms with E-state index in [1.165, 1.54) is 18.9 Å². The Morgan fingerprint density at radius 1 is 1.33 bits per heavy atom. The average molecular weight is 257 g/mol. The fourth-order valence-electron chi connectivity index (χ4n) is 1.65. The molecule has 1 aromatic carbocycles. The van der Waals surface area contributed by atoms with Gasteiger partial charge in [0.15, 0.2) is 11.6 Å². The van der Waals surface area contributed by atoms with Crippen molar-refractivity contribution in [1.29, 1.82) is 0 Å². The first-order chi connectivity index (χ1) is 8.69. The molecule has 0 aromatic heterocycles. The summed E-state index contributed by atoms with van der Waals surface area (Å²) in [6.45, 7) is 1.04. The van der Waals surface area contributed by atoms with Crippen molar-refractivity contribution in [1.82, 2.24) is 5.32 Å². The van der Waals surface area contributed by atoms with Crippen LogP contribution in [0.3, 0.4) is 0 Å². The number of ether oxygens (including phenoxy) is 2. The molecule has 1 saturated carbocycles. The molecule has 1 unspecified atom stereocenters. The second-order valence-electron chi connectivity index (χ2n) is 4.45. The normalized spacial score (nSPS) is 16.6. The summed E-state index contributed by atoms with van der Waals surface area (Å²) in [5.41, 5.74) is 0. The van der Waals surface area contributed by atoms with Crippen LogP contribution in [0.1, 0.15) is 12.8 Å². The lowest BCUT2D eigenvalue weighted by atomic mass is 10.3. The number of halogens is 2. The largest absolute Gasteiger partial charge is 0.487 e. The second kappa shape index (κ2) is 6.11. The Bertz CT molecular complexity index is 397. The summed E-state index contributed by atoms with van der Waals surface area (Å²) >= 11 is 0. The molecule has 1 aliphatic rings. The highest BCUT2D eigenvalue weighted by atomic mass is 19.2. The van der Waals surface area contributed by atoms with Crippen molar-refractivity contribution in [2.24, 2.45) is 0 Å². The summed E-state index contributed by atoms with van der Waals surface area (Å²) in [5.74, 6) is -1.46. The maximum absolute atomic E-state index is 13.0. The molecule has 100 valence electrons. The van der Waals surface area contributed by atoms with Crippen molar-refractivity contribution in [3.05, 3.63) is 29.8 Å². The summed E-state index contributed by atoms with van der Waals surface area (Å²) in [6.07, 6.45) is 2.16. The Kier molecular flexibility index (Phi) is 4.49. The van der Waals surface area contributed by atoms with Crippen LogP contribution in [-0.4, -0.2) is 32.4 Å². The van der Waals surface area contributed by atoms with Crippen LogP contribution in [0.2, 0.25) is 0 Å². The number of nitrogens with one attached hydrogen (secondary N) is 1. The van der Waals surface area contributed by atoms with Crippen molar-refractivity contribution >= 4 is 0 Å². The van der Waals surface area contributed by atoms with Crippen LogP contribution >= 0.6 is 0 Å². The van der Waals surface area contributed by atoms with Crippen LogP contribution in [0.25, 0.3) is 0 Å². The van der Waals surface area contributed by atoms with Gasteiger partial charge in [-0.1, -0.05) is 0 Å². The zero-order valence-electron chi connectivity index (χ0n) is 10.3. The van der Waals surface area contributed by atoms with E-state index in [1.54, 1.807) is 7.11 Å². The minimum atomic E-state index is -0.904. The molecule has 1 aliphatic carbocycles. The third kappa shape index (κ3) is 3.92. The van der Waals surface area contributed by atoms with E-state index < -0.39 is 11.6 Å². The van der Waals surface area contributed by atoms with Crippen LogP contribution in [-0.2, 0) is 4.74 Å². The van der Waals surface area contributed by atoms with Gasteiger partial charge in [-0.2, -0.15) is 0 Å². The van der Waals surface area contributed by atoms with E-state index in [9.17, 15) is 8.78 Å². The van der Waals surface area contributed by atoms with Crippen LogP contribution in [0.15, 0.2) is 18.2 Å². The predicted molar refractivity (Wildman–Crippen MR) is 63.7 cm³/mol. The highest BCUT2D eigenvalue weighted by molar-refractivity contribution is 5.23. The molecule has 1 atom stereocenters. The number of methoxy groups -OCH3 is 1. The predicted octanol–water partition coefficient (Wildman–Crippen LogP) is 2.11. The summed E-state index contributed by atoms with van der Waals surface area (Å²) in [4.78, 5) is 0. The molecule has 1 aromatic rings. The molecular formula is C13H17F2NO2. The smallest absolute Gasteiger partial charge is 0.162 e. The highest BCUT2D eigenvalue weighted by Crippen LogP contribution is 2.20. The zero-order valence-corrected chi connectivity index (χ0v) is 10.3. The first-order valence-corrected chi connectivity index (χ1v) is 6.03. The van der Waals surface area contributed by atoms with E-state index in [-0.39, 0.29) is 6.10 Å². The highest BCUT2D eigenvalue weighted by Gasteiger charge is 2.22. The molecule has 0 aliphatic heterocycles. The Hall–Kier alpha value is -1.20. The van der Waals surface area contributed by atoms with Crippen molar-refractivity contribution in [3.63, 3.8) is 0 Å². The summed E-state index contributed by atoms with van der Waals surface area (Å²) in [5, 5.41) is 3.31. The van der Waals surface area contributed by atoms with Gasteiger partial charge in [-0.15, -0.1) is 0 Å². The first kappa shape index (κ1) is 13.2. The van der Waals surface area contributed by atoms with Crippen LogP contribution < -0.4 is 10.1 Å². The molecule has 0 bridgehead atoms. The van der Waals surface area contributed by atoms with Crippen LogP contribution in [0, 0.1) is 11.6 Å². The summed E-state index contributed by atoms with van der Waals surface area (Å²) in [6, 6.07) is 4.09. The van der Waals surface area contributed by atoms with Gasteiger partial charge in [-0.05, 0) is 25.0 Å². The molecule has 0 saturated heterocycles. The molecule has 0 amide bonds. The lowest BCUT2D eigenvalue weighted by molar-refractivity contribution is 0.0801. The van der Waals surface area contributed by atoms with E-state index in [1.807, 2.05) is 0 Å². The summed E-state index contributed by atoms with van der Waals surface area (Å²) in [7, 11) is 1.58. The third-order valence-corrected chi connectivity index (χ3v) is 2.76. The second-order valence-corrected chi connectivity index (χ2v) is 4.45. The fraction of sp³-hybridized carbons (Fsp3) is 0.538. The maximum Gasteiger partial charge on any atom is 0.162 e. The van der Waals surface area contributed by atoms with Gasteiger partial charge < -0.3 is 14.8 Å². The SMILES string of the molecule is COCC(CNC1CC1)Oc1ccc(F)c(F)c1. The maximum atomic E-state index is 13.0. The van der Waals surface area contributed by atoms with Crippen LogP contribution in [0.5, 0.6) is 5.75 Å². The molecule has 3 nitrogen and oxygen atoms in total. The molecule has 18 heavy (non-hydrogen) atoms. The molecule has 1 N–H and O–H groups in total. The van der Waals surface area contributed by atoms with E-state index in [0.29, 0.717) is 24.9 Å². The lowest BCUT2D eigenvalue weighted by Crippen LogP contribution is -2.35. The van der Waals surface area contributed by atoms with Gasteiger partial charge >= 0.3 is 0 Å². The monoisotopic (exact) mass is 257 g/mol. The fourth-order valence-corrected chi connectivity index (χ4v) is 1.65. The van der Waals surface area contributed by atoms with Crippen molar-refractivity contribution in [2.45, 2.75) is 25.0 Å². The van der Waals surface area contributed by atoms with Gasteiger partial charge in [0.25, 0.3) is 0 Å². The van der Waals surface area contributed by atoms with Crippen molar-refractivity contribution in [3.8, 4) is 5.75 Å². The van der Waals surface area contributed by atoms with E-state index in [0.717, 1.165) is 12.1 Å². The number of rotatable bonds is 7. The molecule has 2 rings (SSSR count). The van der Waals surface area contributed by atoms with Gasteiger partial charge in [-0.25, -0.2) is 8.78 Å². The number of hydrogen-bond acceptors (Lipinski definition) is 3. The Morgan fingerprint density at radius 2 is 2.11 bits per heavy atom. The zero-order chi connectivity index (χ0) is 13.0. The minimum absolute atomic E-state index is 0.208. The van der Waals surface area contributed by atoms with E-state index in [2.05, 4.69) is 5.32 Å².